The number of hydrogen-bond donors (Lipinski definition) is 1. The number of para-hydroxylation sites is 3. The fourth-order valence-electron chi connectivity index (χ4n) is 6.70. The van der Waals surface area contributed by atoms with Gasteiger partial charge in [0.2, 0.25) is 0 Å². The van der Waals surface area contributed by atoms with Crippen molar-refractivity contribution in [3.63, 3.8) is 0 Å². The number of rotatable bonds is 4. The molecule has 0 saturated heterocycles. The lowest BCUT2D eigenvalue weighted by Gasteiger charge is -2.26. The molecule has 0 aliphatic rings. The second kappa shape index (κ2) is 9.37. The summed E-state index contributed by atoms with van der Waals surface area (Å²) in [4.78, 5) is 6.03. The van der Waals surface area contributed by atoms with E-state index in [0.717, 1.165) is 33.8 Å². The van der Waals surface area contributed by atoms with E-state index >= 15 is 0 Å². The summed E-state index contributed by atoms with van der Waals surface area (Å²) in [6, 6.07) is 56.8. The lowest BCUT2D eigenvalue weighted by molar-refractivity contribution is 1.18. The first-order valence-corrected chi connectivity index (χ1v) is 14.7. The van der Waals surface area contributed by atoms with Crippen molar-refractivity contribution >= 4 is 71.4 Å². The van der Waals surface area contributed by atoms with Gasteiger partial charge in [0.25, 0.3) is 0 Å². The Morgan fingerprint density at radius 2 is 1.00 bits per heavy atom. The molecule has 0 saturated carbocycles. The van der Waals surface area contributed by atoms with E-state index in [1.807, 2.05) is 0 Å². The van der Waals surface area contributed by atoms with Gasteiger partial charge in [-0.05, 0) is 71.4 Å². The Labute approximate surface area is 248 Å². The largest absolute Gasteiger partial charge is 0.354 e. The molecule has 0 aliphatic carbocycles. The summed E-state index contributed by atoms with van der Waals surface area (Å²) in [5.74, 6) is 0. The molecule has 2 aromatic heterocycles. The zero-order valence-electron chi connectivity index (χ0n) is 23.4. The third-order valence-corrected chi connectivity index (χ3v) is 8.67. The number of benzene rings is 7. The second-order valence-electron chi connectivity index (χ2n) is 11.2. The number of nitrogens with one attached hydrogen (secondary N) is 1. The number of hydrogen-bond acceptors (Lipinski definition) is 1. The highest BCUT2D eigenvalue weighted by molar-refractivity contribution is 6.11. The van der Waals surface area contributed by atoms with Crippen LogP contribution in [0.3, 0.4) is 0 Å². The normalized spacial score (nSPS) is 11.7. The van der Waals surface area contributed by atoms with E-state index in [9.17, 15) is 0 Å². The molecule has 9 aromatic rings. The van der Waals surface area contributed by atoms with Gasteiger partial charge in [-0.25, -0.2) is 0 Å². The van der Waals surface area contributed by atoms with Gasteiger partial charge in [-0.1, -0.05) is 97.1 Å². The van der Waals surface area contributed by atoms with Gasteiger partial charge in [-0.2, -0.15) is 0 Å². The Morgan fingerprint density at radius 1 is 0.395 bits per heavy atom. The molecule has 1 N–H and O–H groups in total. The van der Waals surface area contributed by atoms with Crippen molar-refractivity contribution in [2.75, 3.05) is 4.90 Å². The molecule has 3 nitrogen and oxygen atoms in total. The van der Waals surface area contributed by atoms with Crippen LogP contribution in [0.25, 0.3) is 60.1 Å². The highest BCUT2D eigenvalue weighted by Crippen LogP contribution is 2.41. The summed E-state index contributed by atoms with van der Waals surface area (Å²) in [7, 11) is 0. The molecule has 9 rings (SSSR count). The van der Waals surface area contributed by atoms with Crippen molar-refractivity contribution in [2.24, 2.45) is 0 Å². The number of nitrogens with zero attached hydrogens (tertiary/aromatic N) is 2. The van der Waals surface area contributed by atoms with E-state index in [1.54, 1.807) is 0 Å². The molecule has 0 fully saturated rings. The van der Waals surface area contributed by atoms with Gasteiger partial charge >= 0.3 is 0 Å². The summed E-state index contributed by atoms with van der Waals surface area (Å²) < 4.78 is 2.38. The van der Waals surface area contributed by atoms with Crippen molar-refractivity contribution in [2.45, 2.75) is 0 Å². The molecule has 0 amide bonds. The van der Waals surface area contributed by atoms with Crippen molar-refractivity contribution in [1.82, 2.24) is 9.55 Å². The van der Waals surface area contributed by atoms with Crippen molar-refractivity contribution in [3.8, 4) is 5.69 Å². The molecular formula is C40H27N3. The van der Waals surface area contributed by atoms with E-state index in [2.05, 4.69) is 172 Å². The van der Waals surface area contributed by atoms with Crippen LogP contribution in [0.5, 0.6) is 0 Å². The summed E-state index contributed by atoms with van der Waals surface area (Å²) >= 11 is 0. The lowest BCUT2D eigenvalue weighted by Crippen LogP contribution is -2.10. The predicted octanol–water partition coefficient (Wildman–Crippen LogP) is 11.0. The summed E-state index contributed by atoms with van der Waals surface area (Å²) in [6.07, 6.45) is 0. The van der Waals surface area contributed by atoms with Crippen LogP contribution in [0.15, 0.2) is 158 Å². The molecule has 0 atom stereocenters. The fourth-order valence-corrected chi connectivity index (χ4v) is 6.70. The van der Waals surface area contributed by atoms with E-state index < -0.39 is 0 Å². The van der Waals surface area contributed by atoms with Gasteiger partial charge in [-0.3, -0.25) is 0 Å². The molecule has 0 spiro atoms. The van der Waals surface area contributed by atoms with Gasteiger partial charge in [-0.15, -0.1) is 0 Å². The maximum atomic E-state index is 3.65. The standard InChI is InChI=1S/C40H27N3/c1-2-12-29(13-3-1)43-39-17-9-7-15-35(39)36-23-21-32(26-40(36)43)42(30-19-18-27-10-4-5-11-28(27)24-30)31-20-22-34-33-14-6-8-16-37(33)41-38(34)25-31/h1-26,41H. The Balaban J connectivity index is 1.32. The quantitative estimate of drug-likeness (QED) is 0.232. The van der Waals surface area contributed by atoms with Crippen LogP contribution in [0.1, 0.15) is 0 Å². The fraction of sp³-hybridized carbons (Fsp3) is 0. The highest BCUT2D eigenvalue weighted by Gasteiger charge is 2.18. The Kier molecular flexibility index (Phi) is 5.20. The molecule has 43 heavy (non-hydrogen) atoms. The minimum Gasteiger partial charge on any atom is -0.354 e. The number of aromatic nitrogens is 2. The smallest absolute Gasteiger partial charge is 0.0561 e. The molecule has 202 valence electrons. The SMILES string of the molecule is c1ccc(-n2c3ccccc3c3ccc(N(c4ccc5ccccc5c4)c4ccc5c(c4)[nH]c4ccccc45)cc32)cc1. The lowest BCUT2D eigenvalue weighted by atomic mass is 10.1. The summed E-state index contributed by atoms with van der Waals surface area (Å²) in [6.45, 7) is 0. The molecule has 2 heterocycles. The van der Waals surface area contributed by atoms with Gasteiger partial charge in [0.1, 0.15) is 0 Å². The molecule has 0 bridgehead atoms. The van der Waals surface area contributed by atoms with Crippen LogP contribution in [0.2, 0.25) is 0 Å². The number of H-pyrrole nitrogens is 1. The minimum atomic E-state index is 1.11. The summed E-state index contributed by atoms with van der Waals surface area (Å²) in [5, 5.41) is 7.43. The van der Waals surface area contributed by atoms with Gasteiger partial charge in [0.15, 0.2) is 0 Å². The minimum absolute atomic E-state index is 1.11. The highest BCUT2D eigenvalue weighted by atomic mass is 15.1. The number of fused-ring (bicyclic) bond motifs is 7. The van der Waals surface area contributed by atoms with E-state index in [-0.39, 0.29) is 0 Å². The van der Waals surface area contributed by atoms with Crippen molar-refractivity contribution in [1.29, 1.82) is 0 Å². The molecule has 0 aliphatic heterocycles. The monoisotopic (exact) mass is 549 g/mol. The first-order chi connectivity index (χ1) is 21.3. The maximum Gasteiger partial charge on any atom is 0.0561 e. The zero-order chi connectivity index (χ0) is 28.3. The average Bonchev–Trinajstić information content (AvgIpc) is 3.60. The van der Waals surface area contributed by atoms with Crippen LogP contribution in [0, 0.1) is 0 Å². The van der Waals surface area contributed by atoms with Crippen molar-refractivity contribution < 1.29 is 0 Å². The van der Waals surface area contributed by atoms with Crippen LogP contribution >= 0.6 is 0 Å². The van der Waals surface area contributed by atoms with E-state index in [1.165, 1.54) is 43.4 Å². The topological polar surface area (TPSA) is 24.0 Å². The zero-order valence-corrected chi connectivity index (χ0v) is 23.4. The maximum absolute atomic E-state index is 3.65. The molecule has 7 aromatic carbocycles. The number of aromatic amines is 1. The van der Waals surface area contributed by atoms with E-state index in [4.69, 9.17) is 0 Å². The first-order valence-electron chi connectivity index (χ1n) is 14.7. The Hall–Kier alpha value is -5.80. The van der Waals surface area contributed by atoms with Crippen LogP contribution in [0.4, 0.5) is 17.1 Å². The van der Waals surface area contributed by atoms with E-state index in [0.29, 0.717) is 0 Å². The van der Waals surface area contributed by atoms with Gasteiger partial charge in [0, 0.05) is 55.3 Å². The molecule has 0 radical (unpaired) electrons. The van der Waals surface area contributed by atoms with Gasteiger partial charge in [0.05, 0.1) is 11.0 Å². The predicted molar refractivity (Wildman–Crippen MR) is 182 cm³/mol. The molecular weight excluding hydrogens is 522 g/mol. The van der Waals surface area contributed by atoms with Gasteiger partial charge < -0.3 is 14.5 Å². The Morgan fingerprint density at radius 3 is 1.88 bits per heavy atom. The van der Waals surface area contributed by atoms with Crippen LogP contribution in [-0.2, 0) is 0 Å². The van der Waals surface area contributed by atoms with Crippen molar-refractivity contribution in [3.05, 3.63) is 158 Å². The first kappa shape index (κ1) is 23.9. The van der Waals surface area contributed by atoms with Crippen LogP contribution in [-0.4, -0.2) is 9.55 Å². The van der Waals surface area contributed by atoms with Crippen LogP contribution < -0.4 is 4.90 Å². The summed E-state index contributed by atoms with van der Waals surface area (Å²) in [5.41, 5.74) is 9.16. The third kappa shape index (κ3) is 3.75. The second-order valence-corrected chi connectivity index (χ2v) is 11.2. The Bertz CT molecular complexity index is 2460. The average molecular weight is 550 g/mol. The third-order valence-electron chi connectivity index (χ3n) is 8.67. The molecule has 0 unspecified atom stereocenters. The number of anilines is 3. The molecule has 3 heteroatoms.